The molecule has 1 atom stereocenters. The lowest BCUT2D eigenvalue weighted by Crippen LogP contribution is -2.29. The Bertz CT molecular complexity index is 1620. The van der Waals surface area contributed by atoms with Crippen LogP contribution in [0.5, 0.6) is 5.75 Å². The molecule has 3 aromatic carbocycles. The van der Waals surface area contributed by atoms with Crippen molar-refractivity contribution in [2.24, 2.45) is 0 Å². The number of aliphatic hydroxyl groups excluding tert-OH is 1. The fourth-order valence-corrected chi connectivity index (χ4v) is 4.83. The van der Waals surface area contributed by atoms with Crippen molar-refractivity contribution >= 4 is 17.4 Å². The number of aryl methyl sites for hydroxylation is 1. The molecule has 0 bridgehead atoms. The van der Waals surface area contributed by atoms with Gasteiger partial charge in [-0.15, -0.1) is 0 Å². The van der Waals surface area contributed by atoms with Gasteiger partial charge in [-0.2, -0.15) is 13.2 Å². The van der Waals surface area contributed by atoms with Crippen LogP contribution >= 0.6 is 0 Å². The number of ketones is 1. The topological polar surface area (TPSA) is 79.7 Å². The number of nitrogens with zero attached hydrogens (tertiary/aromatic N) is 2. The summed E-state index contributed by atoms with van der Waals surface area (Å²) in [6, 6.07) is 21.3. The molecule has 1 unspecified atom stereocenters. The maximum Gasteiger partial charge on any atom is 0.416 e. The zero-order chi connectivity index (χ0) is 29.1. The van der Waals surface area contributed by atoms with Crippen molar-refractivity contribution in [3.05, 3.63) is 136 Å². The van der Waals surface area contributed by atoms with Gasteiger partial charge in [-0.05, 0) is 71.6 Å². The summed E-state index contributed by atoms with van der Waals surface area (Å²) in [5.41, 5.74) is 1.62. The second kappa shape index (κ2) is 11.3. The summed E-state index contributed by atoms with van der Waals surface area (Å²) < 4.78 is 45.9. The lowest BCUT2D eigenvalue weighted by atomic mass is 9.95. The van der Waals surface area contributed by atoms with E-state index in [0.29, 0.717) is 29.0 Å². The smallest absolute Gasteiger partial charge is 0.416 e. The summed E-state index contributed by atoms with van der Waals surface area (Å²) in [7, 11) is 0. The molecule has 208 valence electrons. The summed E-state index contributed by atoms with van der Waals surface area (Å²) in [6.45, 7) is 1.86. The molecule has 1 aromatic heterocycles. The summed E-state index contributed by atoms with van der Waals surface area (Å²) in [5.74, 6) is -1.67. The van der Waals surface area contributed by atoms with E-state index in [4.69, 9.17) is 4.74 Å². The number of carbonyl (C=O) groups is 2. The Labute approximate surface area is 234 Å². The molecule has 9 heteroatoms. The van der Waals surface area contributed by atoms with Gasteiger partial charge in [0.15, 0.2) is 0 Å². The van der Waals surface area contributed by atoms with E-state index in [2.05, 4.69) is 4.98 Å². The highest BCUT2D eigenvalue weighted by Crippen LogP contribution is 2.41. The molecule has 1 aliphatic heterocycles. The van der Waals surface area contributed by atoms with E-state index < -0.39 is 35.2 Å². The van der Waals surface area contributed by atoms with Gasteiger partial charge >= 0.3 is 6.18 Å². The van der Waals surface area contributed by atoms with Crippen LogP contribution in [-0.2, 0) is 28.9 Å². The van der Waals surface area contributed by atoms with Crippen LogP contribution in [0.2, 0.25) is 0 Å². The Balaban J connectivity index is 1.50. The molecule has 0 saturated carbocycles. The van der Waals surface area contributed by atoms with Gasteiger partial charge in [0.1, 0.15) is 18.1 Å². The number of Topliss-reactive ketones (excluding diaryl/α,β-unsaturated/α-hetero) is 1. The molecule has 1 fully saturated rings. The molecule has 1 saturated heterocycles. The fraction of sp³-hybridized carbons (Fsp3) is 0.156. The van der Waals surface area contributed by atoms with Crippen molar-refractivity contribution in [3.8, 4) is 5.75 Å². The molecule has 6 nitrogen and oxygen atoms in total. The van der Waals surface area contributed by atoms with Crippen LogP contribution in [0.1, 0.15) is 39.4 Å². The van der Waals surface area contributed by atoms with E-state index in [0.717, 1.165) is 17.7 Å². The standard InChI is InChI=1S/C32H25F3N2O4/c1-20-16-24(10-11-26(20)41-19-21-6-3-2-4-7-21)29(38)27-28(23-12-14-36-15-13-23)37(31(40)30(27)39)18-22-8-5-9-25(17-22)32(33,34)35/h2-17,28,38H,18-19H2,1H3/b29-27+. The van der Waals surface area contributed by atoms with Gasteiger partial charge in [0.2, 0.25) is 0 Å². The Morgan fingerprint density at radius 1 is 0.927 bits per heavy atom. The molecule has 5 rings (SSSR count). The van der Waals surface area contributed by atoms with E-state index in [1.54, 1.807) is 37.3 Å². The van der Waals surface area contributed by atoms with Crippen LogP contribution in [0.15, 0.2) is 103 Å². The normalized spacial score (nSPS) is 16.7. The first kappa shape index (κ1) is 27.6. The predicted molar refractivity (Wildman–Crippen MR) is 145 cm³/mol. The van der Waals surface area contributed by atoms with Crippen molar-refractivity contribution < 1.29 is 32.6 Å². The number of hydrogen-bond acceptors (Lipinski definition) is 5. The number of ether oxygens (including phenoxy) is 1. The van der Waals surface area contributed by atoms with Gasteiger partial charge in [0, 0.05) is 24.5 Å². The largest absolute Gasteiger partial charge is 0.507 e. The molecule has 0 radical (unpaired) electrons. The third-order valence-corrected chi connectivity index (χ3v) is 6.85. The highest BCUT2D eigenvalue weighted by Gasteiger charge is 2.46. The molecular formula is C32H25F3N2O4. The Morgan fingerprint density at radius 3 is 2.32 bits per heavy atom. The van der Waals surface area contributed by atoms with Gasteiger partial charge in [-0.1, -0.05) is 42.5 Å². The van der Waals surface area contributed by atoms with Gasteiger partial charge in [0.25, 0.3) is 11.7 Å². The van der Waals surface area contributed by atoms with Crippen molar-refractivity contribution in [2.75, 3.05) is 0 Å². The van der Waals surface area contributed by atoms with Crippen LogP contribution < -0.4 is 4.74 Å². The first-order chi connectivity index (χ1) is 19.6. The number of halogens is 3. The summed E-state index contributed by atoms with van der Waals surface area (Å²) in [6.07, 6.45) is -1.62. The summed E-state index contributed by atoms with van der Waals surface area (Å²) in [5, 5.41) is 11.4. The van der Waals surface area contributed by atoms with Crippen molar-refractivity contribution in [3.63, 3.8) is 0 Å². The van der Waals surface area contributed by atoms with Crippen LogP contribution in [-0.4, -0.2) is 26.7 Å². The molecule has 1 N–H and O–H groups in total. The minimum absolute atomic E-state index is 0.162. The predicted octanol–water partition coefficient (Wildman–Crippen LogP) is 6.61. The van der Waals surface area contributed by atoms with Crippen molar-refractivity contribution in [1.29, 1.82) is 0 Å². The lowest BCUT2D eigenvalue weighted by Gasteiger charge is -2.25. The Kier molecular flexibility index (Phi) is 7.61. The van der Waals surface area contributed by atoms with Crippen LogP contribution in [0.4, 0.5) is 13.2 Å². The molecule has 1 amide bonds. The molecule has 41 heavy (non-hydrogen) atoms. The van der Waals surface area contributed by atoms with Gasteiger partial charge in [0.05, 0.1) is 17.2 Å². The number of likely N-dealkylation sites (tertiary alicyclic amines) is 1. The number of carbonyl (C=O) groups excluding carboxylic acids is 2. The molecule has 0 aliphatic carbocycles. The number of hydrogen-bond donors (Lipinski definition) is 1. The van der Waals surface area contributed by atoms with Gasteiger partial charge < -0.3 is 14.7 Å². The summed E-state index contributed by atoms with van der Waals surface area (Å²) >= 11 is 0. The number of amides is 1. The van der Waals surface area contributed by atoms with E-state index in [1.165, 1.54) is 29.4 Å². The van der Waals surface area contributed by atoms with E-state index >= 15 is 0 Å². The number of aliphatic hydroxyl groups is 1. The zero-order valence-electron chi connectivity index (χ0n) is 21.9. The number of benzene rings is 3. The Hall–Kier alpha value is -4.92. The highest BCUT2D eigenvalue weighted by molar-refractivity contribution is 6.46. The first-order valence-corrected chi connectivity index (χ1v) is 12.8. The van der Waals surface area contributed by atoms with Crippen LogP contribution in [0.3, 0.4) is 0 Å². The highest BCUT2D eigenvalue weighted by atomic mass is 19.4. The lowest BCUT2D eigenvalue weighted by molar-refractivity contribution is -0.140. The second-order valence-electron chi connectivity index (χ2n) is 9.66. The van der Waals surface area contributed by atoms with Crippen molar-refractivity contribution in [1.82, 2.24) is 9.88 Å². The SMILES string of the molecule is Cc1cc(/C(O)=C2\C(=O)C(=O)N(Cc3cccc(C(F)(F)F)c3)C2c2ccncc2)ccc1OCc1ccccc1. The minimum Gasteiger partial charge on any atom is -0.507 e. The van der Waals surface area contributed by atoms with E-state index in [1.807, 2.05) is 30.3 Å². The minimum atomic E-state index is -4.57. The number of rotatable bonds is 7. The number of alkyl halides is 3. The monoisotopic (exact) mass is 558 g/mol. The van der Waals surface area contributed by atoms with E-state index in [9.17, 15) is 27.9 Å². The van der Waals surface area contributed by atoms with Crippen LogP contribution in [0.25, 0.3) is 5.76 Å². The average Bonchev–Trinajstić information content (AvgIpc) is 3.21. The fourth-order valence-electron chi connectivity index (χ4n) is 4.83. The van der Waals surface area contributed by atoms with Gasteiger partial charge in [-0.25, -0.2) is 0 Å². The summed E-state index contributed by atoms with van der Waals surface area (Å²) in [4.78, 5) is 31.7. The first-order valence-electron chi connectivity index (χ1n) is 12.8. The molecular weight excluding hydrogens is 533 g/mol. The third-order valence-electron chi connectivity index (χ3n) is 6.85. The third kappa shape index (κ3) is 5.84. The second-order valence-corrected chi connectivity index (χ2v) is 9.66. The zero-order valence-corrected chi connectivity index (χ0v) is 21.9. The quantitative estimate of drug-likeness (QED) is 0.157. The van der Waals surface area contributed by atoms with E-state index in [-0.39, 0.29) is 17.7 Å². The number of aromatic nitrogens is 1. The maximum absolute atomic E-state index is 13.3. The van der Waals surface area contributed by atoms with Gasteiger partial charge in [-0.3, -0.25) is 14.6 Å². The molecule has 4 aromatic rings. The van der Waals surface area contributed by atoms with Crippen molar-refractivity contribution in [2.45, 2.75) is 32.3 Å². The molecule has 0 spiro atoms. The van der Waals surface area contributed by atoms with Crippen LogP contribution in [0, 0.1) is 6.92 Å². The number of pyridine rings is 1. The molecule has 2 heterocycles. The average molecular weight is 559 g/mol. The maximum atomic E-state index is 13.3. The Morgan fingerprint density at radius 2 is 1.63 bits per heavy atom. The molecule has 1 aliphatic rings.